The van der Waals surface area contributed by atoms with Crippen LogP contribution in [0.4, 0.5) is 0 Å². The van der Waals surface area contributed by atoms with Crippen molar-refractivity contribution < 1.29 is 4.74 Å². The number of nitrogens with one attached hydrogen (secondary N) is 1. The van der Waals surface area contributed by atoms with Crippen molar-refractivity contribution in [2.75, 3.05) is 33.3 Å². The Morgan fingerprint density at radius 3 is 2.54 bits per heavy atom. The van der Waals surface area contributed by atoms with Gasteiger partial charge in [-0.3, -0.25) is 4.90 Å². The van der Waals surface area contributed by atoms with Crippen molar-refractivity contribution in [3.05, 3.63) is 29.8 Å². The summed E-state index contributed by atoms with van der Waals surface area (Å²) in [7, 11) is 1.71. The van der Waals surface area contributed by atoms with Crippen LogP contribution >= 0.6 is 12.2 Å². The molecule has 2 fully saturated rings. The van der Waals surface area contributed by atoms with Gasteiger partial charge in [-0.15, -0.1) is 0 Å². The number of para-hydroxylation sites is 1. The molecule has 1 heterocycles. The SMILES string of the molecule is COc1ccccc1CNC(=S)N1CCN(C2CCCCC2)CC1. The van der Waals surface area contributed by atoms with Gasteiger partial charge in [0.2, 0.25) is 0 Å². The molecule has 0 spiro atoms. The summed E-state index contributed by atoms with van der Waals surface area (Å²) in [6.45, 7) is 5.07. The maximum atomic E-state index is 5.60. The maximum Gasteiger partial charge on any atom is 0.169 e. The van der Waals surface area contributed by atoms with Gasteiger partial charge in [-0.2, -0.15) is 0 Å². The molecule has 1 aliphatic carbocycles. The zero-order valence-corrected chi connectivity index (χ0v) is 15.5. The summed E-state index contributed by atoms with van der Waals surface area (Å²) >= 11 is 5.60. The first-order chi connectivity index (χ1) is 11.8. The van der Waals surface area contributed by atoms with Crippen molar-refractivity contribution in [3.63, 3.8) is 0 Å². The second-order valence-electron chi connectivity index (χ2n) is 6.79. The highest BCUT2D eigenvalue weighted by molar-refractivity contribution is 7.80. The molecule has 5 heteroatoms. The zero-order chi connectivity index (χ0) is 16.8. The van der Waals surface area contributed by atoms with Crippen LogP contribution in [0.3, 0.4) is 0 Å². The van der Waals surface area contributed by atoms with E-state index in [9.17, 15) is 0 Å². The van der Waals surface area contributed by atoms with E-state index in [0.29, 0.717) is 6.54 Å². The predicted octanol–water partition coefficient (Wildman–Crippen LogP) is 3.02. The third-order valence-electron chi connectivity index (χ3n) is 5.32. The maximum absolute atomic E-state index is 5.60. The number of methoxy groups -OCH3 is 1. The molecule has 0 bridgehead atoms. The van der Waals surface area contributed by atoms with Crippen LogP contribution in [0.25, 0.3) is 0 Å². The summed E-state index contributed by atoms with van der Waals surface area (Å²) < 4.78 is 5.40. The minimum absolute atomic E-state index is 0.714. The van der Waals surface area contributed by atoms with E-state index in [0.717, 1.165) is 48.6 Å². The molecule has 0 atom stereocenters. The second-order valence-corrected chi connectivity index (χ2v) is 7.17. The molecule has 1 aromatic carbocycles. The molecule has 132 valence electrons. The fourth-order valence-corrected chi connectivity index (χ4v) is 4.12. The van der Waals surface area contributed by atoms with Crippen LogP contribution in [-0.4, -0.2) is 54.2 Å². The van der Waals surface area contributed by atoms with Gasteiger partial charge in [0, 0.05) is 44.3 Å². The highest BCUT2D eigenvalue weighted by Gasteiger charge is 2.25. The summed E-state index contributed by atoms with van der Waals surface area (Å²) in [4.78, 5) is 4.99. The topological polar surface area (TPSA) is 27.7 Å². The lowest BCUT2D eigenvalue weighted by Gasteiger charge is -2.41. The first kappa shape index (κ1) is 17.5. The average molecular weight is 348 g/mol. The number of thiocarbonyl (C=S) groups is 1. The van der Waals surface area contributed by atoms with E-state index in [1.807, 2.05) is 18.2 Å². The lowest BCUT2D eigenvalue weighted by atomic mass is 9.94. The molecule has 0 radical (unpaired) electrons. The molecule has 0 amide bonds. The summed E-state index contributed by atoms with van der Waals surface area (Å²) in [5, 5.41) is 4.26. The number of ether oxygens (including phenoxy) is 1. The standard InChI is InChI=1S/C19H29N3OS/c1-23-18-10-6-5-7-16(18)15-20-19(24)22-13-11-21(12-14-22)17-8-3-2-4-9-17/h5-7,10,17H,2-4,8-9,11-15H2,1H3,(H,20,24). The Kier molecular flexibility index (Phi) is 6.32. The van der Waals surface area contributed by atoms with Crippen LogP contribution in [0.5, 0.6) is 5.75 Å². The number of nitrogens with zero attached hydrogens (tertiary/aromatic N) is 2. The van der Waals surface area contributed by atoms with Crippen molar-refractivity contribution in [1.29, 1.82) is 0 Å². The number of rotatable bonds is 4. The first-order valence-corrected chi connectivity index (χ1v) is 9.57. The molecule has 4 nitrogen and oxygen atoms in total. The van der Waals surface area contributed by atoms with Crippen LogP contribution in [0, 0.1) is 0 Å². The van der Waals surface area contributed by atoms with E-state index >= 15 is 0 Å². The van der Waals surface area contributed by atoms with Crippen molar-refractivity contribution >= 4 is 17.3 Å². The summed E-state index contributed by atoms with van der Waals surface area (Å²) in [6, 6.07) is 8.91. The molecule has 1 saturated heterocycles. The van der Waals surface area contributed by atoms with Crippen LogP contribution in [-0.2, 0) is 6.54 Å². The van der Waals surface area contributed by atoms with Crippen LogP contribution < -0.4 is 10.1 Å². The smallest absolute Gasteiger partial charge is 0.169 e. The third-order valence-corrected chi connectivity index (χ3v) is 5.72. The first-order valence-electron chi connectivity index (χ1n) is 9.16. The van der Waals surface area contributed by atoms with E-state index in [1.165, 1.54) is 32.1 Å². The Morgan fingerprint density at radius 2 is 1.83 bits per heavy atom. The molecule has 1 saturated carbocycles. The highest BCUT2D eigenvalue weighted by atomic mass is 32.1. The van der Waals surface area contributed by atoms with E-state index < -0.39 is 0 Å². The van der Waals surface area contributed by atoms with Gasteiger partial charge in [-0.25, -0.2) is 0 Å². The van der Waals surface area contributed by atoms with E-state index in [1.54, 1.807) is 7.11 Å². The molecule has 2 aliphatic rings. The summed E-state index contributed by atoms with van der Waals surface area (Å²) in [5.74, 6) is 0.912. The molecular formula is C19H29N3OS. The van der Waals surface area contributed by atoms with E-state index in [2.05, 4.69) is 21.2 Å². The monoisotopic (exact) mass is 347 g/mol. The Hall–Kier alpha value is -1.33. The van der Waals surface area contributed by atoms with Gasteiger partial charge < -0.3 is 15.0 Å². The van der Waals surface area contributed by atoms with Crippen LogP contribution in [0.2, 0.25) is 0 Å². The van der Waals surface area contributed by atoms with Crippen molar-refractivity contribution in [2.45, 2.75) is 44.7 Å². The largest absolute Gasteiger partial charge is 0.496 e. The molecular weight excluding hydrogens is 318 g/mol. The highest BCUT2D eigenvalue weighted by Crippen LogP contribution is 2.23. The van der Waals surface area contributed by atoms with Crippen LogP contribution in [0.1, 0.15) is 37.7 Å². The average Bonchev–Trinajstić information content (AvgIpc) is 2.67. The predicted molar refractivity (Wildman–Crippen MR) is 102 cm³/mol. The minimum Gasteiger partial charge on any atom is -0.496 e. The van der Waals surface area contributed by atoms with E-state index in [4.69, 9.17) is 17.0 Å². The van der Waals surface area contributed by atoms with Crippen molar-refractivity contribution in [1.82, 2.24) is 15.1 Å². The molecule has 1 N–H and O–H groups in total. The zero-order valence-electron chi connectivity index (χ0n) is 14.7. The molecule has 1 aliphatic heterocycles. The summed E-state index contributed by atoms with van der Waals surface area (Å²) in [5.41, 5.74) is 1.14. The third kappa shape index (κ3) is 4.39. The van der Waals surface area contributed by atoms with Gasteiger partial charge in [0.25, 0.3) is 0 Å². The molecule has 0 aromatic heterocycles. The molecule has 0 unspecified atom stereocenters. The second kappa shape index (κ2) is 8.67. The van der Waals surface area contributed by atoms with Crippen molar-refractivity contribution in [2.24, 2.45) is 0 Å². The molecule has 1 aromatic rings. The van der Waals surface area contributed by atoms with Crippen LogP contribution in [0.15, 0.2) is 24.3 Å². The lowest BCUT2D eigenvalue weighted by molar-refractivity contribution is 0.107. The number of hydrogen-bond donors (Lipinski definition) is 1. The van der Waals surface area contributed by atoms with Gasteiger partial charge in [0.15, 0.2) is 5.11 Å². The number of hydrogen-bond acceptors (Lipinski definition) is 3. The van der Waals surface area contributed by atoms with Crippen molar-refractivity contribution in [3.8, 4) is 5.75 Å². The fourth-order valence-electron chi connectivity index (χ4n) is 3.87. The number of piperazine rings is 1. The van der Waals surface area contributed by atoms with Gasteiger partial charge in [-0.05, 0) is 31.1 Å². The molecule has 24 heavy (non-hydrogen) atoms. The Morgan fingerprint density at radius 1 is 1.12 bits per heavy atom. The Balaban J connectivity index is 1.45. The van der Waals surface area contributed by atoms with Gasteiger partial charge in [0.05, 0.1) is 7.11 Å². The minimum atomic E-state index is 0.714. The van der Waals surface area contributed by atoms with E-state index in [-0.39, 0.29) is 0 Å². The molecule has 3 rings (SSSR count). The Labute approximate surface area is 151 Å². The summed E-state index contributed by atoms with van der Waals surface area (Å²) in [6.07, 6.45) is 7.01. The number of benzene rings is 1. The fraction of sp³-hybridized carbons (Fsp3) is 0.632. The quantitative estimate of drug-likeness (QED) is 0.845. The van der Waals surface area contributed by atoms with Gasteiger partial charge >= 0.3 is 0 Å². The normalized spacial score (nSPS) is 20.0. The lowest BCUT2D eigenvalue weighted by Crippen LogP contribution is -2.54. The van der Waals surface area contributed by atoms with Gasteiger partial charge in [0.1, 0.15) is 5.75 Å². The Bertz CT molecular complexity index is 537. The van der Waals surface area contributed by atoms with Gasteiger partial charge in [-0.1, -0.05) is 37.5 Å².